The van der Waals surface area contributed by atoms with Crippen LogP contribution < -0.4 is 0 Å². The van der Waals surface area contributed by atoms with Crippen molar-refractivity contribution in [1.82, 2.24) is 9.55 Å². The first-order valence-electron chi connectivity index (χ1n) is 13.1. The number of aromatic nitrogens is 2. The lowest BCUT2D eigenvalue weighted by Gasteiger charge is -2.34. The fourth-order valence-electron chi connectivity index (χ4n) is 7.62. The molecule has 0 radical (unpaired) electrons. The molecule has 3 heterocycles. The van der Waals surface area contributed by atoms with Crippen LogP contribution in [0.4, 0.5) is 0 Å². The molecular formula is C34H25ClN2O. The van der Waals surface area contributed by atoms with Crippen molar-refractivity contribution in [3.63, 3.8) is 0 Å². The Bertz CT molecular complexity index is 1940. The predicted octanol–water partition coefficient (Wildman–Crippen LogP) is 8.14. The number of H-pyrrole nitrogens is 1. The third kappa shape index (κ3) is 2.48. The van der Waals surface area contributed by atoms with E-state index in [2.05, 4.69) is 96.2 Å². The van der Waals surface area contributed by atoms with Crippen molar-refractivity contribution in [2.45, 2.75) is 25.3 Å². The summed E-state index contributed by atoms with van der Waals surface area (Å²) in [6, 6.07) is 33.4. The van der Waals surface area contributed by atoms with Crippen molar-refractivity contribution in [2.24, 2.45) is 5.92 Å². The molecule has 0 spiro atoms. The van der Waals surface area contributed by atoms with Gasteiger partial charge in [-0.25, -0.2) is 0 Å². The topological polar surface area (TPSA) is 37.8 Å². The Hall–Kier alpha value is -4.08. The van der Waals surface area contributed by atoms with Crippen LogP contribution in [-0.4, -0.2) is 15.3 Å². The van der Waals surface area contributed by atoms with Gasteiger partial charge in [-0.1, -0.05) is 84.4 Å². The predicted molar refractivity (Wildman–Crippen MR) is 153 cm³/mol. The van der Waals surface area contributed by atoms with Crippen molar-refractivity contribution in [1.29, 1.82) is 0 Å². The number of carbonyl (C=O) groups is 1. The zero-order valence-corrected chi connectivity index (χ0v) is 21.9. The number of halogens is 1. The van der Waals surface area contributed by atoms with E-state index in [1.54, 1.807) is 0 Å². The lowest BCUT2D eigenvalue weighted by Crippen LogP contribution is -2.39. The summed E-state index contributed by atoms with van der Waals surface area (Å²) in [5.74, 6) is -0.248. The third-order valence-corrected chi connectivity index (χ3v) is 9.32. The minimum atomic E-state index is -0.704. The highest BCUT2D eigenvalue weighted by Gasteiger charge is 2.64. The molecule has 184 valence electrons. The third-order valence-electron chi connectivity index (χ3n) is 9.07. The first-order valence-corrected chi connectivity index (χ1v) is 13.5. The number of Topliss-reactive ketones (excluding diaryl/α,β-unsaturated/α-hetero) is 1. The van der Waals surface area contributed by atoms with Crippen molar-refractivity contribution in [3.8, 4) is 0 Å². The number of hydrogen-bond acceptors (Lipinski definition) is 1. The van der Waals surface area contributed by atoms with Crippen molar-refractivity contribution in [3.05, 3.63) is 141 Å². The van der Waals surface area contributed by atoms with Gasteiger partial charge in [0.05, 0.1) is 11.6 Å². The normalized spacial score (nSPS) is 21.7. The summed E-state index contributed by atoms with van der Waals surface area (Å²) in [5.41, 5.74) is 9.27. The van der Waals surface area contributed by atoms with Gasteiger partial charge in [0.2, 0.25) is 0 Å². The van der Waals surface area contributed by atoms with Crippen LogP contribution in [0.3, 0.4) is 0 Å². The summed E-state index contributed by atoms with van der Waals surface area (Å²) in [6.07, 6.45) is 0. The van der Waals surface area contributed by atoms with E-state index < -0.39 is 5.54 Å². The van der Waals surface area contributed by atoms with E-state index in [0.29, 0.717) is 5.02 Å². The molecule has 0 fully saturated rings. The molecule has 6 aromatic rings. The van der Waals surface area contributed by atoms with Crippen LogP contribution in [0.1, 0.15) is 49.9 Å². The van der Waals surface area contributed by atoms with Gasteiger partial charge in [-0.3, -0.25) is 4.79 Å². The number of nitrogens with one attached hydrogen (secondary N) is 1. The Balaban J connectivity index is 1.60. The molecule has 4 aromatic carbocycles. The second kappa shape index (κ2) is 7.49. The van der Waals surface area contributed by atoms with Crippen LogP contribution in [-0.2, 0) is 5.54 Å². The molecule has 4 heteroatoms. The van der Waals surface area contributed by atoms with E-state index in [1.807, 2.05) is 24.3 Å². The molecule has 0 saturated carbocycles. The molecule has 3 atom stereocenters. The molecule has 0 bridgehead atoms. The Labute approximate surface area is 225 Å². The van der Waals surface area contributed by atoms with E-state index in [-0.39, 0.29) is 17.6 Å². The van der Waals surface area contributed by atoms with E-state index in [1.165, 1.54) is 27.6 Å². The molecule has 38 heavy (non-hydrogen) atoms. The van der Waals surface area contributed by atoms with Crippen molar-refractivity contribution < 1.29 is 4.79 Å². The maximum absolute atomic E-state index is 14.6. The first kappa shape index (κ1) is 22.0. The van der Waals surface area contributed by atoms with Crippen LogP contribution in [0.2, 0.25) is 5.02 Å². The Kier molecular flexibility index (Phi) is 4.33. The smallest absolute Gasteiger partial charge is 0.170 e. The molecule has 1 aliphatic carbocycles. The fourth-order valence-corrected chi connectivity index (χ4v) is 7.75. The summed E-state index contributed by atoms with van der Waals surface area (Å²) < 4.78 is 2.50. The molecule has 2 aliphatic rings. The van der Waals surface area contributed by atoms with E-state index >= 15 is 0 Å². The Morgan fingerprint density at radius 3 is 2.26 bits per heavy atom. The second-order valence-electron chi connectivity index (χ2n) is 10.7. The second-order valence-corrected chi connectivity index (χ2v) is 11.2. The van der Waals surface area contributed by atoms with Crippen LogP contribution in [0, 0.1) is 19.8 Å². The quantitative estimate of drug-likeness (QED) is 0.250. The lowest BCUT2D eigenvalue weighted by atomic mass is 9.72. The highest BCUT2D eigenvalue weighted by atomic mass is 35.5. The van der Waals surface area contributed by atoms with Gasteiger partial charge < -0.3 is 9.55 Å². The minimum absolute atomic E-state index is 0.120. The Morgan fingerprint density at radius 2 is 1.47 bits per heavy atom. The maximum Gasteiger partial charge on any atom is 0.170 e. The number of carbonyl (C=O) groups excluding carboxylic acids is 1. The molecule has 1 N–H and O–H groups in total. The van der Waals surface area contributed by atoms with Gasteiger partial charge in [-0.2, -0.15) is 0 Å². The van der Waals surface area contributed by atoms with E-state index in [0.717, 1.165) is 33.4 Å². The van der Waals surface area contributed by atoms with Gasteiger partial charge in [0.1, 0.15) is 5.54 Å². The van der Waals surface area contributed by atoms with Crippen LogP contribution >= 0.6 is 11.6 Å². The van der Waals surface area contributed by atoms with E-state index in [9.17, 15) is 4.79 Å². The fraction of sp³-hybridized carbons (Fsp3) is 0.147. The van der Waals surface area contributed by atoms with Gasteiger partial charge in [0, 0.05) is 44.0 Å². The number of aromatic amines is 1. The first-order chi connectivity index (χ1) is 18.5. The van der Waals surface area contributed by atoms with Crippen LogP contribution in [0.15, 0.2) is 97.1 Å². The SMILES string of the molecule is Cc1c(C23c4ccccc4C(=O)C2C(c2ccc(Cl)cc2)c2c(C)c4ccccc4n23)[nH]c2ccccc12. The Morgan fingerprint density at radius 1 is 0.789 bits per heavy atom. The highest BCUT2D eigenvalue weighted by molar-refractivity contribution is 6.30. The van der Waals surface area contributed by atoms with Crippen molar-refractivity contribution >= 4 is 39.2 Å². The molecule has 0 amide bonds. The lowest BCUT2D eigenvalue weighted by molar-refractivity contribution is 0.0895. The zero-order chi connectivity index (χ0) is 25.8. The molecule has 2 aromatic heterocycles. The maximum atomic E-state index is 14.6. The molecular weight excluding hydrogens is 488 g/mol. The summed E-state index contributed by atoms with van der Waals surface area (Å²) in [7, 11) is 0. The molecule has 3 nitrogen and oxygen atoms in total. The summed E-state index contributed by atoms with van der Waals surface area (Å²) in [4.78, 5) is 18.4. The standard InChI is InChI=1S/C34H25ClN2O/c1-19-24-10-5-8-14-28(24)37-31(19)29(21-15-17-22(35)18-16-21)30-32(38)25-11-3-6-12-26(25)34(30,37)33-20(2)23-9-4-7-13-27(23)36-33/h3-18,29-30,36H,1-2H3. The van der Waals surface area contributed by atoms with Gasteiger partial charge in [0.25, 0.3) is 0 Å². The largest absolute Gasteiger partial charge is 0.356 e. The number of para-hydroxylation sites is 2. The minimum Gasteiger partial charge on any atom is -0.356 e. The van der Waals surface area contributed by atoms with Crippen molar-refractivity contribution in [2.75, 3.05) is 0 Å². The monoisotopic (exact) mass is 512 g/mol. The number of hydrogen-bond donors (Lipinski definition) is 1. The number of ketones is 1. The van der Waals surface area contributed by atoms with Gasteiger partial charge >= 0.3 is 0 Å². The molecule has 1 aliphatic heterocycles. The van der Waals surface area contributed by atoms with Gasteiger partial charge in [-0.15, -0.1) is 0 Å². The number of rotatable bonds is 2. The molecule has 8 rings (SSSR count). The van der Waals surface area contributed by atoms with Gasteiger partial charge in [-0.05, 0) is 60.4 Å². The van der Waals surface area contributed by atoms with Crippen LogP contribution in [0.25, 0.3) is 21.8 Å². The molecule has 3 unspecified atom stereocenters. The number of benzene rings is 4. The average molecular weight is 513 g/mol. The number of nitrogens with zero attached hydrogens (tertiary/aromatic N) is 1. The summed E-state index contributed by atoms with van der Waals surface area (Å²) in [5, 5.41) is 3.12. The summed E-state index contributed by atoms with van der Waals surface area (Å²) >= 11 is 6.34. The average Bonchev–Trinajstić information content (AvgIpc) is 3.62. The van der Waals surface area contributed by atoms with Crippen LogP contribution in [0.5, 0.6) is 0 Å². The highest BCUT2D eigenvalue weighted by Crippen LogP contribution is 2.63. The van der Waals surface area contributed by atoms with Gasteiger partial charge in [0.15, 0.2) is 5.78 Å². The van der Waals surface area contributed by atoms with E-state index in [4.69, 9.17) is 11.6 Å². The zero-order valence-electron chi connectivity index (χ0n) is 21.1. The number of aryl methyl sites for hydroxylation is 2. The molecule has 0 saturated heterocycles. The summed E-state index contributed by atoms with van der Waals surface area (Å²) in [6.45, 7) is 4.40. The number of fused-ring (bicyclic) bond motifs is 8.